The summed E-state index contributed by atoms with van der Waals surface area (Å²) in [6, 6.07) is 4.89. The van der Waals surface area contributed by atoms with Gasteiger partial charge in [-0.05, 0) is 30.2 Å². The number of halogens is 1. The zero-order valence-corrected chi connectivity index (χ0v) is 6.73. The Labute approximate surface area is 65.8 Å². The molecule has 60 valence electrons. The van der Waals surface area contributed by atoms with E-state index in [4.69, 9.17) is 4.74 Å². The van der Waals surface area contributed by atoms with Crippen molar-refractivity contribution in [1.29, 1.82) is 0 Å². The Kier molecular flexibility index (Phi) is 2.60. The van der Waals surface area contributed by atoms with E-state index in [1.165, 1.54) is 12.1 Å². The van der Waals surface area contributed by atoms with Gasteiger partial charge >= 0.3 is 0 Å². The molecule has 1 nitrogen and oxygen atoms in total. The molecule has 0 aliphatic heterocycles. The lowest BCUT2D eigenvalue weighted by Gasteiger charge is -2.00. The first kappa shape index (κ1) is 8.21. The normalized spacial score (nSPS) is 10.1. The molecule has 2 heteroatoms. The smallest absolute Gasteiger partial charge is 0.123 e. The minimum absolute atomic E-state index is 0.197. The molecule has 0 aliphatic rings. The van der Waals surface area contributed by atoms with Crippen molar-refractivity contribution in [2.45, 2.75) is 13.5 Å². The number of hydrogen-bond donors (Lipinski definition) is 0. The van der Waals surface area contributed by atoms with E-state index in [1.54, 1.807) is 7.11 Å². The van der Waals surface area contributed by atoms with Crippen molar-refractivity contribution < 1.29 is 9.13 Å². The lowest BCUT2D eigenvalue weighted by Crippen LogP contribution is -1.89. The molecule has 0 heterocycles. The van der Waals surface area contributed by atoms with Crippen molar-refractivity contribution in [3.63, 3.8) is 0 Å². The minimum Gasteiger partial charge on any atom is -0.380 e. The molecule has 1 aromatic rings. The van der Waals surface area contributed by atoms with Crippen LogP contribution in [0.5, 0.6) is 0 Å². The molecule has 0 saturated carbocycles. The summed E-state index contributed by atoms with van der Waals surface area (Å²) in [5.41, 5.74) is 1.81. The van der Waals surface area contributed by atoms with Crippen LogP contribution in [0.4, 0.5) is 4.39 Å². The first-order chi connectivity index (χ1) is 5.22. The van der Waals surface area contributed by atoms with E-state index in [0.29, 0.717) is 6.61 Å². The molecule has 0 radical (unpaired) electrons. The highest BCUT2D eigenvalue weighted by atomic mass is 19.1. The largest absolute Gasteiger partial charge is 0.380 e. The third-order valence-corrected chi connectivity index (χ3v) is 1.41. The summed E-state index contributed by atoms with van der Waals surface area (Å²) in [4.78, 5) is 0. The Balaban J connectivity index is 2.89. The van der Waals surface area contributed by atoms with Crippen LogP contribution in [0.25, 0.3) is 0 Å². The molecular formula is C9H11FO. The molecule has 1 aromatic carbocycles. The van der Waals surface area contributed by atoms with E-state index in [9.17, 15) is 4.39 Å². The van der Waals surface area contributed by atoms with Crippen LogP contribution in [0.1, 0.15) is 11.1 Å². The van der Waals surface area contributed by atoms with Gasteiger partial charge in [0.1, 0.15) is 5.82 Å². The molecule has 0 aliphatic carbocycles. The molecule has 0 amide bonds. The number of ether oxygens (including phenoxy) is 1. The second kappa shape index (κ2) is 3.49. The average Bonchev–Trinajstić information content (AvgIpc) is 1.85. The third kappa shape index (κ3) is 2.31. The molecular weight excluding hydrogens is 143 g/mol. The number of methoxy groups -OCH3 is 1. The van der Waals surface area contributed by atoms with Crippen molar-refractivity contribution in [3.8, 4) is 0 Å². The summed E-state index contributed by atoms with van der Waals surface area (Å²) in [5.74, 6) is -0.197. The monoisotopic (exact) mass is 154 g/mol. The zero-order chi connectivity index (χ0) is 8.27. The SMILES string of the molecule is COCc1cc(C)cc(F)c1. The second-order valence-corrected chi connectivity index (χ2v) is 2.57. The predicted octanol–water partition coefficient (Wildman–Crippen LogP) is 2.28. The van der Waals surface area contributed by atoms with Crippen LogP contribution >= 0.6 is 0 Å². The zero-order valence-electron chi connectivity index (χ0n) is 6.73. The topological polar surface area (TPSA) is 9.23 Å². The van der Waals surface area contributed by atoms with Gasteiger partial charge in [-0.2, -0.15) is 0 Å². The quantitative estimate of drug-likeness (QED) is 0.635. The van der Waals surface area contributed by atoms with Crippen molar-refractivity contribution >= 4 is 0 Å². The van der Waals surface area contributed by atoms with Gasteiger partial charge in [-0.15, -0.1) is 0 Å². The number of rotatable bonds is 2. The van der Waals surface area contributed by atoms with E-state index in [2.05, 4.69) is 0 Å². The molecule has 0 aromatic heterocycles. The Hall–Kier alpha value is -0.890. The summed E-state index contributed by atoms with van der Waals surface area (Å²) in [6.07, 6.45) is 0. The summed E-state index contributed by atoms with van der Waals surface area (Å²) in [5, 5.41) is 0. The first-order valence-corrected chi connectivity index (χ1v) is 3.47. The Bertz CT molecular complexity index is 225. The van der Waals surface area contributed by atoms with E-state index in [0.717, 1.165) is 11.1 Å². The number of aryl methyl sites for hydroxylation is 1. The van der Waals surface area contributed by atoms with Crippen LogP contribution < -0.4 is 0 Å². The molecule has 1 rings (SSSR count). The fourth-order valence-electron chi connectivity index (χ4n) is 1.06. The van der Waals surface area contributed by atoms with Crippen LogP contribution in [0.2, 0.25) is 0 Å². The molecule has 0 atom stereocenters. The van der Waals surface area contributed by atoms with Gasteiger partial charge in [0.05, 0.1) is 6.61 Å². The highest BCUT2D eigenvalue weighted by Gasteiger charge is 1.96. The molecule has 0 bridgehead atoms. The highest BCUT2D eigenvalue weighted by molar-refractivity contribution is 5.22. The first-order valence-electron chi connectivity index (χ1n) is 3.47. The third-order valence-electron chi connectivity index (χ3n) is 1.41. The lowest BCUT2D eigenvalue weighted by molar-refractivity contribution is 0.184. The standard InChI is InChI=1S/C9H11FO/c1-7-3-8(6-11-2)5-9(10)4-7/h3-5H,6H2,1-2H3. The molecule has 0 N–H and O–H groups in total. The molecule has 0 fully saturated rings. The molecule has 0 spiro atoms. The second-order valence-electron chi connectivity index (χ2n) is 2.57. The van der Waals surface area contributed by atoms with Gasteiger partial charge in [0, 0.05) is 7.11 Å². The van der Waals surface area contributed by atoms with E-state index < -0.39 is 0 Å². The number of hydrogen-bond acceptors (Lipinski definition) is 1. The van der Waals surface area contributed by atoms with Crippen LogP contribution in [0.3, 0.4) is 0 Å². The fourth-order valence-corrected chi connectivity index (χ4v) is 1.06. The van der Waals surface area contributed by atoms with Crippen LogP contribution in [0, 0.1) is 12.7 Å². The van der Waals surface area contributed by atoms with E-state index >= 15 is 0 Å². The summed E-state index contributed by atoms with van der Waals surface area (Å²) < 4.78 is 17.6. The molecule has 11 heavy (non-hydrogen) atoms. The van der Waals surface area contributed by atoms with Crippen LogP contribution in [-0.2, 0) is 11.3 Å². The van der Waals surface area contributed by atoms with Gasteiger partial charge in [0.15, 0.2) is 0 Å². The van der Waals surface area contributed by atoms with Gasteiger partial charge in [-0.25, -0.2) is 4.39 Å². The molecule has 0 unspecified atom stereocenters. The number of benzene rings is 1. The Morgan fingerprint density at radius 3 is 2.64 bits per heavy atom. The summed E-state index contributed by atoms with van der Waals surface area (Å²) >= 11 is 0. The lowest BCUT2D eigenvalue weighted by atomic mass is 10.1. The van der Waals surface area contributed by atoms with Gasteiger partial charge in [0.2, 0.25) is 0 Å². The fraction of sp³-hybridized carbons (Fsp3) is 0.333. The minimum atomic E-state index is -0.197. The highest BCUT2D eigenvalue weighted by Crippen LogP contribution is 2.08. The Morgan fingerprint density at radius 2 is 2.09 bits per heavy atom. The molecule has 0 saturated heterocycles. The van der Waals surface area contributed by atoms with Crippen molar-refractivity contribution in [2.75, 3.05) is 7.11 Å². The van der Waals surface area contributed by atoms with Gasteiger partial charge < -0.3 is 4.74 Å². The van der Waals surface area contributed by atoms with Gasteiger partial charge in [-0.3, -0.25) is 0 Å². The van der Waals surface area contributed by atoms with Crippen molar-refractivity contribution in [1.82, 2.24) is 0 Å². The van der Waals surface area contributed by atoms with Crippen LogP contribution in [-0.4, -0.2) is 7.11 Å². The van der Waals surface area contributed by atoms with Crippen molar-refractivity contribution in [3.05, 3.63) is 35.1 Å². The average molecular weight is 154 g/mol. The predicted molar refractivity (Wildman–Crippen MR) is 41.9 cm³/mol. The maximum absolute atomic E-state index is 12.7. The maximum atomic E-state index is 12.7. The Morgan fingerprint density at radius 1 is 1.36 bits per heavy atom. The maximum Gasteiger partial charge on any atom is 0.123 e. The summed E-state index contributed by atoms with van der Waals surface area (Å²) in [6.45, 7) is 2.33. The van der Waals surface area contributed by atoms with Crippen molar-refractivity contribution in [2.24, 2.45) is 0 Å². The summed E-state index contributed by atoms with van der Waals surface area (Å²) in [7, 11) is 1.60. The van der Waals surface area contributed by atoms with E-state index in [1.807, 2.05) is 13.0 Å². The van der Waals surface area contributed by atoms with Gasteiger partial charge in [0.25, 0.3) is 0 Å². The van der Waals surface area contributed by atoms with Gasteiger partial charge in [-0.1, -0.05) is 6.07 Å². The van der Waals surface area contributed by atoms with E-state index in [-0.39, 0.29) is 5.82 Å². The van der Waals surface area contributed by atoms with Crippen LogP contribution in [0.15, 0.2) is 18.2 Å².